The van der Waals surface area contributed by atoms with Crippen molar-refractivity contribution in [2.45, 2.75) is 13.8 Å². The molecule has 5 rings (SSSR count). The minimum Gasteiger partial charge on any atom is -0.545 e. The van der Waals surface area contributed by atoms with Gasteiger partial charge in [0.05, 0.1) is 12.2 Å². The predicted molar refractivity (Wildman–Crippen MR) is 128 cm³/mol. The standard InChI is InChI=1S/C27H21N3O4/c1-16-12-20(17(2)30(16)21-8-5-7-19(13-21)27(32)33)15-28-29-26(31)25-14-23-22-9-4-3-6-18(22)10-11-24(23)34-25/h3-15H,1-2H3,(H,29,31)(H,32,33)/p-1/b28-15-. The third-order valence-electron chi connectivity index (χ3n) is 5.83. The van der Waals surface area contributed by atoms with E-state index in [2.05, 4.69) is 10.5 Å². The molecular formula is C27H20N3O4-. The topological polar surface area (TPSA) is 99.7 Å². The van der Waals surface area contributed by atoms with Crippen molar-refractivity contribution >= 4 is 39.8 Å². The maximum Gasteiger partial charge on any atom is 0.307 e. The lowest BCUT2D eigenvalue weighted by molar-refractivity contribution is -0.255. The van der Waals surface area contributed by atoms with E-state index in [1.807, 2.05) is 66.9 Å². The summed E-state index contributed by atoms with van der Waals surface area (Å²) in [6.45, 7) is 3.81. The Morgan fingerprint density at radius 3 is 2.62 bits per heavy atom. The molecule has 7 heteroatoms. The van der Waals surface area contributed by atoms with E-state index < -0.39 is 11.9 Å². The number of carboxylic acids is 1. The summed E-state index contributed by atoms with van der Waals surface area (Å²) in [5.74, 6) is -1.51. The van der Waals surface area contributed by atoms with E-state index in [1.165, 1.54) is 6.07 Å². The number of aryl methyl sites for hydroxylation is 1. The second-order valence-corrected chi connectivity index (χ2v) is 8.01. The van der Waals surface area contributed by atoms with Gasteiger partial charge in [0.15, 0.2) is 5.76 Å². The summed E-state index contributed by atoms with van der Waals surface area (Å²) in [6, 6.07) is 21.9. The third-order valence-corrected chi connectivity index (χ3v) is 5.83. The predicted octanol–water partition coefficient (Wildman–Crippen LogP) is 4.12. The molecule has 1 amide bonds. The number of amides is 1. The number of aromatic carboxylic acids is 1. The van der Waals surface area contributed by atoms with Gasteiger partial charge in [-0.2, -0.15) is 5.10 Å². The van der Waals surface area contributed by atoms with Crippen LogP contribution in [0, 0.1) is 13.8 Å². The number of nitrogens with zero attached hydrogens (tertiary/aromatic N) is 2. The van der Waals surface area contributed by atoms with Gasteiger partial charge in [0.25, 0.3) is 0 Å². The number of benzene rings is 3. The van der Waals surface area contributed by atoms with Crippen LogP contribution in [0.5, 0.6) is 0 Å². The molecule has 0 bridgehead atoms. The first kappa shape index (κ1) is 21.2. The van der Waals surface area contributed by atoms with Gasteiger partial charge >= 0.3 is 5.91 Å². The molecule has 3 aromatic carbocycles. The smallest absolute Gasteiger partial charge is 0.307 e. The van der Waals surface area contributed by atoms with Crippen LogP contribution in [0.25, 0.3) is 27.4 Å². The van der Waals surface area contributed by atoms with Crippen LogP contribution in [0.1, 0.15) is 37.9 Å². The van der Waals surface area contributed by atoms with Gasteiger partial charge in [0.2, 0.25) is 0 Å². The maximum atomic E-state index is 12.6. The zero-order chi connectivity index (χ0) is 23.8. The van der Waals surface area contributed by atoms with Crippen LogP contribution in [0.4, 0.5) is 0 Å². The number of carbonyl (C=O) groups is 2. The molecule has 0 aliphatic carbocycles. The van der Waals surface area contributed by atoms with E-state index in [0.29, 0.717) is 11.3 Å². The van der Waals surface area contributed by atoms with E-state index >= 15 is 0 Å². The van der Waals surface area contributed by atoms with Crippen LogP contribution in [0.3, 0.4) is 0 Å². The highest BCUT2D eigenvalue weighted by molar-refractivity contribution is 6.08. The molecule has 34 heavy (non-hydrogen) atoms. The summed E-state index contributed by atoms with van der Waals surface area (Å²) < 4.78 is 7.65. The molecule has 2 heterocycles. The van der Waals surface area contributed by atoms with Crippen molar-refractivity contribution in [1.82, 2.24) is 9.99 Å². The molecule has 0 unspecified atom stereocenters. The van der Waals surface area contributed by atoms with Crippen molar-refractivity contribution in [3.63, 3.8) is 0 Å². The Bertz CT molecular complexity index is 1610. The number of hydrazone groups is 1. The van der Waals surface area contributed by atoms with E-state index in [1.54, 1.807) is 24.4 Å². The Kier molecular flexibility index (Phi) is 5.22. The molecule has 1 N–H and O–H groups in total. The Hall–Kier alpha value is -4.65. The molecule has 0 aliphatic heterocycles. The van der Waals surface area contributed by atoms with Gasteiger partial charge in [-0.3, -0.25) is 4.79 Å². The molecule has 0 saturated carbocycles. The van der Waals surface area contributed by atoms with Crippen LogP contribution in [0.2, 0.25) is 0 Å². The fraction of sp³-hybridized carbons (Fsp3) is 0.0741. The molecule has 0 radical (unpaired) electrons. The number of hydrogen-bond acceptors (Lipinski definition) is 5. The number of furan rings is 1. The summed E-state index contributed by atoms with van der Waals surface area (Å²) in [5, 5.41) is 18.3. The van der Waals surface area contributed by atoms with Crippen molar-refractivity contribution < 1.29 is 19.1 Å². The second-order valence-electron chi connectivity index (χ2n) is 8.01. The largest absolute Gasteiger partial charge is 0.545 e. The fourth-order valence-corrected chi connectivity index (χ4v) is 4.21. The number of carboxylic acid groups (broad SMARTS) is 1. The van der Waals surface area contributed by atoms with Gasteiger partial charge in [0.1, 0.15) is 5.58 Å². The van der Waals surface area contributed by atoms with Crippen molar-refractivity contribution in [3.8, 4) is 5.69 Å². The lowest BCUT2D eigenvalue weighted by atomic mass is 10.1. The summed E-state index contributed by atoms with van der Waals surface area (Å²) >= 11 is 0. The fourth-order valence-electron chi connectivity index (χ4n) is 4.21. The lowest BCUT2D eigenvalue weighted by Crippen LogP contribution is -2.22. The average molecular weight is 450 g/mol. The van der Waals surface area contributed by atoms with Crippen molar-refractivity contribution in [2.75, 3.05) is 0 Å². The number of carbonyl (C=O) groups excluding carboxylic acids is 2. The normalized spacial score (nSPS) is 11.5. The number of aromatic nitrogens is 1. The summed E-state index contributed by atoms with van der Waals surface area (Å²) in [5.41, 5.74) is 6.48. The first-order chi connectivity index (χ1) is 16.4. The lowest BCUT2D eigenvalue weighted by Gasteiger charge is -2.11. The number of nitrogens with one attached hydrogen (secondary N) is 1. The Balaban J connectivity index is 1.38. The second kappa shape index (κ2) is 8.37. The Morgan fingerprint density at radius 2 is 1.79 bits per heavy atom. The van der Waals surface area contributed by atoms with E-state index in [9.17, 15) is 14.7 Å². The molecule has 0 fully saturated rings. The van der Waals surface area contributed by atoms with Crippen molar-refractivity contribution in [3.05, 3.63) is 101 Å². The number of hydrogen-bond donors (Lipinski definition) is 1. The molecule has 0 spiro atoms. The maximum absolute atomic E-state index is 12.6. The van der Waals surface area contributed by atoms with Crippen LogP contribution in [0.15, 0.2) is 82.3 Å². The monoisotopic (exact) mass is 450 g/mol. The van der Waals surface area contributed by atoms with Gasteiger partial charge in [-0.15, -0.1) is 0 Å². The molecule has 0 aliphatic rings. The van der Waals surface area contributed by atoms with Crippen molar-refractivity contribution in [1.29, 1.82) is 0 Å². The SMILES string of the molecule is Cc1cc(/C=N\NC(=O)c2cc3c(ccc4ccccc43)o2)c(C)n1-c1cccc(C(=O)[O-])c1. The summed E-state index contributed by atoms with van der Waals surface area (Å²) in [6.07, 6.45) is 1.55. The first-order valence-electron chi connectivity index (χ1n) is 10.7. The van der Waals surface area contributed by atoms with Gasteiger partial charge < -0.3 is 18.9 Å². The molecule has 0 atom stereocenters. The average Bonchev–Trinajstić information content (AvgIpc) is 3.40. The van der Waals surface area contributed by atoms with Gasteiger partial charge in [0, 0.05) is 28.0 Å². The minimum atomic E-state index is -1.23. The molecule has 0 saturated heterocycles. The molecule has 7 nitrogen and oxygen atoms in total. The van der Waals surface area contributed by atoms with E-state index in [-0.39, 0.29) is 11.3 Å². The molecular weight excluding hydrogens is 430 g/mol. The first-order valence-corrected chi connectivity index (χ1v) is 10.7. The highest BCUT2D eigenvalue weighted by Gasteiger charge is 2.14. The quantitative estimate of drug-likeness (QED) is 0.322. The number of rotatable bonds is 5. The Labute approximate surface area is 194 Å². The van der Waals surface area contributed by atoms with E-state index in [4.69, 9.17) is 4.42 Å². The summed E-state index contributed by atoms with van der Waals surface area (Å²) in [4.78, 5) is 23.8. The highest BCUT2D eigenvalue weighted by atomic mass is 16.4. The van der Waals surface area contributed by atoms with Crippen LogP contribution >= 0.6 is 0 Å². The molecule has 5 aromatic rings. The Morgan fingerprint density at radius 1 is 0.971 bits per heavy atom. The zero-order valence-corrected chi connectivity index (χ0v) is 18.5. The molecule has 2 aromatic heterocycles. The molecule has 168 valence electrons. The van der Waals surface area contributed by atoms with Crippen molar-refractivity contribution in [2.24, 2.45) is 5.10 Å². The third kappa shape index (κ3) is 3.73. The van der Waals surface area contributed by atoms with Crippen LogP contribution in [-0.4, -0.2) is 22.7 Å². The van der Waals surface area contributed by atoms with Gasteiger partial charge in [-0.05, 0) is 60.5 Å². The highest BCUT2D eigenvalue weighted by Crippen LogP contribution is 2.28. The van der Waals surface area contributed by atoms with Gasteiger partial charge in [-0.1, -0.05) is 42.5 Å². The minimum absolute atomic E-state index is 0.103. The number of fused-ring (bicyclic) bond motifs is 3. The van der Waals surface area contributed by atoms with Gasteiger partial charge in [-0.25, -0.2) is 5.43 Å². The van der Waals surface area contributed by atoms with E-state index in [0.717, 1.165) is 33.1 Å². The van der Waals surface area contributed by atoms with Crippen LogP contribution in [-0.2, 0) is 0 Å². The van der Waals surface area contributed by atoms with Crippen LogP contribution < -0.4 is 10.5 Å². The zero-order valence-electron chi connectivity index (χ0n) is 18.5. The summed E-state index contributed by atoms with van der Waals surface area (Å²) in [7, 11) is 0.